The summed E-state index contributed by atoms with van der Waals surface area (Å²) in [7, 11) is 0. The van der Waals surface area contributed by atoms with E-state index >= 15 is 0 Å². The van der Waals surface area contributed by atoms with E-state index in [0.717, 1.165) is 0 Å². The van der Waals surface area contributed by atoms with Crippen molar-refractivity contribution >= 4 is 11.9 Å². The first-order chi connectivity index (χ1) is 13.3. The lowest BCUT2D eigenvalue weighted by atomic mass is 9.84. The molecule has 28 heavy (non-hydrogen) atoms. The Balaban J connectivity index is 2.06. The number of nitriles is 1. The Morgan fingerprint density at radius 1 is 1.50 bits per heavy atom. The highest BCUT2D eigenvalue weighted by Crippen LogP contribution is 2.45. The van der Waals surface area contributed by atoms with Crippen molar-refractivity contribution in [3.63, 3.8) is 0 Å². The molecule has 7 heteroatoms. The number of amides is 1. The molecule has 2 heterocycles. The fourth-order valence-corrected chi connectivity index (χ4v) is 3.54. The summed E-state index contributed by atoms with van der Waals surface area (Å²) in [4.78, 5) is 26.1. The van der Waals surface area contributed by atoms with Gasteiger partial charge >= 0.3 is 5.97 Å². The second kappa shape index (κ2) is 7.39. The number of hydrogen-bond donors (Lipinski definition) is 0. The zero-order chi connectivity index (χ0) is 20.5. The van der Waals surface area contributed by atoms with Crippen LogP contribution in [0, 0.1) is 11.3 Å². The number of rotatable bonds is 5. The number of esters is 1. The fraction of sp³-hybridized carbons (Fsp3) is 0.381. The summed E-state index contributed by atoms with van der Waals surface area (Å²) in [5, 5.41) is 9.30. The molecule has 0 N–H and O–H groups in total. The Hall–Kier alpha value is -3.27. The van der Waals surface area contributed by atoms with Crippen molar-refractivity contribution in [2.75, 3.05) is 13.2 Å². The number of benzene rings is 1. The lowest BCUT2D eigenvalue weighted by Crippen LogP contribution is -2.55. The molecular formula is C21H22N2O5. The summed E-state index contributed by atoms with van der Waals surface area (Å²) < 4.78 is 17.2. The van der Waals surface area contributed by atoms with E-state index in [1.807, 2.05) is 0 Å². The molecule has 2 aliphatic heterocycles. The number of nitrogens with zero attached hydrogens (tertiary/aromatic N) is 2. The third-order valence-electron chi connectivity index (χ3n) is 4.71. The summed E-state index contributed by atoms with van der Waals surface area (Å²) in [5.41, 5.74) is 0.162. The third kappa shape index (κ3) is 3.58. The van der Waals surface area contributed by atoms with Crippen LogP contribution in [-0.4, -0.2) is 41.6 Å². The number of ether oxygens (including phenoxy) is 3. The summed E-state index contributed by atoms with van der Waals surface area (Å²) in [6.07, 6.45) is 2.26. The second-order valence-electron chi connectivity index (χ2n) is 7.22. The van der Waals surface area contributed by atoms with Crippen LogP contribution >= 0.6 is 0 Å². The van der Waals surface area contributed by atoms with Crippen LogP contribution in [0.5, 0.6) is 5.75 Å². The topological polar surface area (TPSA) is 88.9 Å². The van der Waals surface area contributed by atoms with Gasteiger partial charge in [-0.25, -0.2) is 0 Å². The number of carbonyl (C=O) groups is 2. The molecule has 0 fully saturated rings. The van der Waals surface area contributed by atoms with Gasteiger partial charge in [0, 0.05) is 18.6 Å². The minimum absolute atomic E-state index is 0.224. The van der Waals surface area contributed by atoms with Gasteiger partial charge in [0.1, 0.15) is 29.8 Å². The quantitative estimate of drug-likeness (QED) is 0.575. The van der Waals surface area contributed by atoms with Crippen LogP contribution in [-0.2, 0) is 19.1 Å². The molecule has 146 valence electrons. The molecule has 0 spiro atoms. The van der Waals surface area contributed by atoms with E-state index in [0.29, 0.717) is 22.6 Å². The monoisotopic (exact) mass is 382 g/mol. The molecule has 2 atom stereocenters. The largest absolute Gasteiger partial charge is 0.492 e. The highest BCUT2D eigenvalue weighted by atomic mass is 16.6. The average Bonchev–Trinajstić information content (AvgIpc) is 3.00. The van der Waals surface area contributed by atoms with Crippen LogP contribution in [0.1, 0.15) is 37.9 Å². The van der Waals surface area contributed by atoms with Gasteiger partial charge in [0.25, 0.3) is 5.91 Å². The van der Waals surface area contributed by atoms with Crippen LogP contribution in [0.15, 0.2) is 42.7 Å². The molecule has 7 nitrogen and oxygen atoms in total. The SMILES string of the molecule is C=CCOC1=CC(=O)N(C2c3cc(C#N)ccc3OC(C)(C)C2OC(C)=O)C1. The van der Waals surface area contributed by atoms with Crippen molar-refractivity contribution in [1.29, 1.82) is 5.26 Å². The highest BCUT2D eigenvalue weighted by molar-refractivity contribution is 5.91. The van der Waals surface area contributed by atoms with Gasteiger partial charge in [0.05, 0.1) is 18.2 Å². The normalized spacial score (nSPS) is 22.4. The lowest BCUT2D eigenvalue weighted by Gasteiger charge is -2.46. The molecule has 2 aliphatic rings. The summed E-state index contributed by atoms with van der Waals surface area (Å²) >= 11 is 0. The van der Waals surface area contributed by atoms with Gasteiger partial charge < -0.3 is 19.1 Å². The fourth-order valence-electron chi connectivity index (χ4n) is 3.54. The van der Waals surface area contributed by atoms with Gasteiger partial charge in [0.15, 0.2) is 6.10 Å². The average molecular weight is 382 g/mol. The van der Waals surface area contributed by atoms with Gasteiger partial charge in [0.2, 0.25) is 0 Å². The maximum Gasteiger partial charge on any atom is 0.303 e. The second-order valence-corrected chi connectivity index (χ2v) is 7.22. The van der Waals surface area contributed by atoms with Crippen molar-refractivity contribution in [2.45, 2.75) is 38.5 Å². The Kier molecular flexibility index (Phi) is 5.14. The standard InChI is InChI=1S/C21H22N2O5/c1-5-8-26-15-10-18(25)23(12-15)19-16-9-14(11-22)6-7-17(16)28-21(3,4)20(19)27-13(2)24/h5-7,9-10,19-20H,1,8,12H2,2-4H3. The molecule has 0 radical (unpaired) electrons. The molecule has 0 aliphatic carbocycles. The van der Waals surface area contributed by atoms with Gasteiger partial charge in [-0.2, -0.15) is 5.26 Å². The lowest BCUT2D eigenvalue weighted by molar-refractivity contribution is -0.171. The van der Waals surface area contributed by atoms with E-state index in [2.05, 4.69) is 12.6 Å². The van der Waals surface area contributed by atoms with E-state index in [1.54, 1.807) is 43.0 Å². The van der Waals surface area contributed by atoms with Crippen molar-refractivity contribution < 1.29 is 23.8 Å². The van der Waals surface area contributed by atoms with Gasteiger partial charge in [-0.15, -0.1) is 0 Å². The zero-order valence-corrected chi connectivity index (χ0v) is 16.1. The highest BCUT2D eigenvalue weighted by Gasteiger charge is 2.50. The summed E-state index contributed by atoms with van der Waals surface area (Å²) in [5.74, 6) is 0.320. The first kappa shape index (κ1) is 19.5. The van der Waals surface area contributed by atoms with Gasteiger partial charge in [-0.3, -0.25) is 9.59 Å². The molecule has 2 unspecified atom stereocenters. The third-order valence-corrected chi connectivity index (χ3v) is 4.71. The molecule has 1 amide bonds. The first-order valence-corrected chi connectivity index (χ1v) is 8.92. The minimum atomic E-state index is -0.886. The van der Waals surface area contributed by atoms with Crippen molar-refractivity contribution in [2.24, 2.45) is 0 Å². The van der Waals surface area contributed by atoms with E-state index in [4.69, 9.17) is 14.2 Å². The van der Waals surface area contributed by atoms with Crippen LogP contribution in [0.3, 0.4) is 0 Å². The smallest absolute Gasteiger partial charge is 0.303 e. The Bertz CT molecular complexity index is 897. The van der Waals surface area contributed by atoms with E-state index in [1.165, 1.54) is 13.0 Å². The minimum Gasteiger partial charge on any atom is -0.492 e. The van der Waals surface area contributed by atoms with E-state index < -0.39 is 23.7 Å². The van der Waals surface area contributed by atoms with Gasteiger partial charge in [-0.05, 0) is 32.0 Å². The van der Waals surface area contributed by atoms with E-state index in [9.17, 15) is 14.9 Å². The Morgan fingerprint density at radius 2 is 2.25 bits per heavy atom. The summed E-state index contributed by atoms with van der Waals surface area (Å²) in [6.45, 7) is 9.04. The van der Waals surface area contributed by atoms with Crippen molar-refractivity contribution in [3.05, 3.63) is 53.8 Å². The maximum atomic E-state index is 12.8. The Morgan fingerprint density at radius 3 is 2.89 bits per heavy atom. The molecule has 0 saturated carbocycles. The number of carbonyl (C=O) groups excluding carboxylic acids is 2. The molecule has 0 bridgehead atoms. The zero-order valence-electron chi connectivity index (χ0n) is 16.1. The van der Waals surface area contributed by atoms with Crippen LogP contribution < -0.4 is 4.74 Å². The van der Waals surface area contributed by atoms with Crippen molar-refractivity contribution in [1.82, 2.24) is 4.90 Å². The maximum absolute atomic E-state index is 12.8. The van der Waals surface area contributed by atoms with Crippen molar-refractivity contribution in [3.8, 4) is 11.8 Å². The molecule has 0 saturated heterocycles. The predicted octanol–water partition coefficient (Wildman–Crippen LogP) is 2.63. The first-order valence-electron chi connectivity index (χ1n) is 8.92. The number of fused-ring (bicyclic) bond motifs is 1. The van der Waals surface area contributed by atoms with Crippen LogP contribution in [0.25, 0.3) is 0 Å². The number of hydrogen-bond acceptors (Lipinski definition) is 6. The van der Waals surface area contributed by atoms with E-state index in [-0.39, 0.29) is 19.1 Å². The molecule has 1 aromatic rings. The van der Waals surface area contributed by atoms with Gasteiger partial charge in [-0.1, -0.05) is 12.7 Å². The molecule has 3 rings (SSSR count). The molecular weight excluding hydrogens is 360 g/mol. The molecule has 1 aromatic carbocycles. The Labute approximate surface area is 163 Å². The molecule has 0 aromatic heterocycles. The predicted molar refractivity (Wildman–Crippen MR) is 100 cm³/mol. The van der Waals surface area contributed by atoms with Crippen LogP contribution in [0.4, 0.5) is 0 Å². The van der Waals surface area contributed by atoms with Crippen LogP contribution in [0.2, 0.25) is 0 Å². The summed E-state index contributed by atoms with van der Waals surface area (Å²) in [6, 6.07) is 6.50.